The molecule has 0 saturated heterocycles. The zero-order valence-electron chi connectivity index (χ0n) is 10.6. The quantitative estimate of drug-likeness (QED) is 0.896. The molecule has 1 aliphatic rings. The second-order valence-electron chi connectivity index (χ2n) is 5.22. The molecule has 0 unspecified atom stereocenters. The highest BCUT2D eigenvalue weighted by molar-refractivity contribution is 5.72. The van der Waals surface area contributed by atoms with Gasteiger partial charge in [-0.3, -0.25) is 4.98 Å². The lowest BCUT2D eigenvalue weighted by molar-refractivity contribution is 0.411. The monoisotopic (exact) mass is 242 g/mol. The van der Waals surface area contributed by atoms with Gasteiger partial charge in [0, 0.05) is 30.2 Å². The number of pyridine rings is 1. The highest BCUT2D eigenvalue weighted by Gasteiger charge is 2.41. The van der Waals surface area contributed by atoms with Gasteiger partial charge in [0.2, 0.25) is 0 Å². The normalized spacial score (nSPS) is 16.7. The van der Waals surface area contributed by atoms with Crippen LogP contribution in [0.1, 0.15) is 26.2 Å². The largest absolute Gasteiger partial charge is 0.398 e. The molecule has 2 aromatic rings. The van der Waals surface area contributed by atoms with Gasteiger partial charge in [0.05, 0.1) is 18.2 Å². The molecule has 4 heteroatoms. The van der Waals surface area contributed by atoms with Crippen LogP contribution in [-0.2, 0) is 6.54 Å². The lowest BCUT2D eigenvalue weighted by Gasteiger charge is -2.16. The molecule has 1 saturated carbocycles. The summed E-state index contributed by atoms with van der Waals surface area (Å²) in [6, 6.07) is 1.83. The van der Waals surface area contributed by atoms with E-state index in [2.05, 4.69) is 21.5 Å². The molecule has 2 heterocycles. The van der Waals surface area contributed by atoms with E-state index in [1.807, 2.05) is 24.8 Å². The molecule has 94 valence electrons. The Balaban J connectivity index is 1.95. The molecule has 2 aromatic heterocycles. The van der Waals surface area contributed by atoms with Crippen molar-refractivity contribution >= 4 is 5.69 Å². The smallest absolute Gasteiger partial charge is 0.0951 e. The van der Waals surface area contributed by atoms with E-state index in [0.717, 1.165) is 23.5 Å². The topological polar surface area (TPSA) is 56.7 Å². The molecule has 0 spiro atoms. The lowest BCUT2D eigenvalue weighted by Crippen LogP contribution is -2.11. The van der Waals surface area contributed by atoms with E-state index in [-0.39, 0.29) is 0 Å². The molecule has 0 amide bonds. The van der Waals surface area contributed by atoms with Gasteiger partial charge in [0.15, 0.2) is 0 Å². The van der Waals surface area contributed by atoms with Gasteiger partial charge in [-0.15, -0.1) is 0 Å². The predicted molar refractivity (Wildman–Crippen MR) is 71.8 cm³/mol. The van der Waals surface area contributed by atoms with Crippen molar-refractivity contribution in [2.24, 2.45) is 5.41 Å². The number of aromatic nitrogens is 3. The van der Waals surface area contributed by atoms with E-state index in [0.29, 0.717) is 5.41 Å². The molecule has 1 fully saturated rings. The number of rotatable bonds is 4. The Morgan fingerprint density at radius 1 is 1.33 bits per heavy atom. The van der Waals surface area contributed by atoms with Crippen molar-refractivity contribution in [3.8, 4) is 11.3 Å². The predicted octanol–water partition coefficient (Wildman–Crippen LogP) is 2.72. The van der Waals surface area contributed by atoms with Crippen LogP contribution < -0.4 is 5.73 Å². The van der Waals surface area contributed by atoms with Gasteiger partial charge < -0.3 is 10.3 Å². The van der Waals surface area contributed by atoms with Crippen molar-refractivity contribution in [3.63, 3.8) is 0 Å². The summed E-state index contributed by atoms with van der Waals surface area (Å²) < 4.78 is 2.21. The molecule has 1 aliphatic carbocycles. The maximum atomic E-state index is 6.01. The Bertz CT molecular complexity index is 554. The molecule has 0 aliphatic heterocycles. The minimum atomic E-state index is 0.492. The van der Waals surface area contributed by atoms with E-state index in [1.54, 1.807) is 6.20 Å². The van der Waals surface area contributed by atoms with E-state index >= 15 is 0 Å². The number of anilines is 1. The molecular weight excluding hydrogens is 224 g/mol. The molecule has 4 nitrogen and oxygen atoms in total. The van der Waals surface area contributed by atoms with Crippen LogP contribution in [0.5, 0.6) is 0 Å². The van der Waals surface area contributed by atoms with Gasteiger partial charge in [-0.2, -0.15) is 0 Å². The van der Waals surface area contributed by atoms with Gasteiger partial charge in [-0.25, -0.2) is 4.98 Å². The third-order valence-electron chi connectivity index (χ3n) is 4.06. The first-order chi connectivity index (χ1) is 8.74. The maximum absolute atomic E-state index is 6.01. The average molecular weight is 242 g/mol. The van der Waals surface area contributed by atoms with E-state index in [9.17, 15) is 0 Å². The molecule has 2 N–H and O–H groups in total. The summed E-state index contributed by atoms with van der Waals surface area (Å²) in [6.45, 7) is 3.30. The fourth-order valence-electron chi connectivity index (χ4n) is 2.45. The van der Waals surface area contributed by atoms with Crippen molar-refractivity contribution < 1.29 is 0 Å². The van der Waals surface area contributed by atoms with Crippen molar-refractivity contribution in [2.75, 3.05) is 5.73 Å². The second-order valence-corrected chi connectivity index (χ2v) is 5.22. The van der Waals surface area contributed by atoms with E-state index in [1.165, 1.54) is 19.3 Å². The Kier molecular flexibility index (Phi) is 2.58. The summed E-state index contributed by atoms with van der Waals surface area (Å²) in [6.07, 6.45) is 11.2. The van der Waals surface area contributed by atoms with Crippen LogP contribution in [0.25, 0.3) is 11.3 Å². The number of nitrogen functional groups attached to an aromatic ring is 1. The molecule has 3 rings (SSSR count). The zero-order valence-corrected chi connectivity index (χ0v) is 10.6. The summed E-state index contributed by atoms with van der Waals surface area (Å²) >= 11 is 0. The Hall–Kier alpha value is -1.84. The fraction of sp³-hybridized carbons (Fsp3) is 0.429. The van der Waals surface area contributed by atoms with Crippen molar-refractivity contribution in [1.82, 2.24) is 14.5 Å². The van der Waals surface area contributed by atoms with Crippen molar-refractivity contribution in [2.45, 2.75) is 32.7 Å². The molecule has 0 aromatic carbocycles. The van der Waals surface area contributed by atoms with Crippen LogP contribution in [0.4, 0.5) is 5.69 Å². The average Bonchev–Trinajstić information content (AvgIpc) is 3.01. The summed E-state index contributed by atoms with van der Waals surface area (Å²) in [5.41, 5.74) is 9.31. The van der Waals surface area contributed by atoms with Gasteiger partial charge >= 0.3 is 0 Å². The van der Waals surface area contributed by atoms with Gasteiger partial charge in [-0.05, 0) is 30.7 Å². The Morgan fingerprint density at radius 2 is 2.17 bits per heavy atom. The number of imidazole rings is 1. The van der Waals surface area contributed by atoms with Crippen LogP contribution in [-0.4, -0.2) is 14.5 Å². The van der Waals surface area contributed by atoms with E-state index in [4.69, 9.17) is 5.73 Å². The molecule has 18 heavy (non-hydrogen) atoms. The fourth-order valence-corrected chi connectivity index (χ4v) is 2.45. The first-order valence-electron chi connectivity index (χ1n) is 6.44. The van der Waals surface area contributed by atoms with Crippen LogP contribution in [0, 0.1) is 5.41 Å². The maximum Gasteiger partial charge on any atom is 0.0951 e. The third kappa shape index (κ3) is 1.88. The SMILES string of the molecule is CCC1(Cn2cncc2-c2cnccc2N)CC1. The third-order valence-corrected chi connectivity index (χ3v) is 4.06. The van der Waals surface area contributed by atoms with Crippen LogP contribution >= 0.6 is 0 Å². The minimum Gasteiger partial charge on any atom is -0.398 e. The highest BCUT2D eigenvalue weighted by Crippen LogP contribution is 2.50. The Morgan fingerprint density at radius 3 is 2.83 bits per heavy atom. The van der Waals surface area contributed by atoms with Crippen LogP contribution in [0.15, 0.2) is 31.0 Å². The minimum absolute atomic E-state index is 0.492. The lowest BCUT2D eigenvalue weighted by atomic mass is 10.0. The van der Waals surface area contributed by atoms with E-state index < -0.39 is 0 Å². The second kappa shape index (κ2) is 4.12. The van der Waals surface area contributed by atoms with Crippen molar-refractivity contribution in [3.05, 3.63) is 31.0 Å². The molecule has 0 bridgehead atoms. The summed E-state index contributed by atoms with van der Waals surface area (Å²) in [5.74, 6) is 0. The van der Waals surface area contributed by atoms with Gasteiger partial charge in [0.1, 0.15) is 0 Å². The summed E-state index contributed by atoms with van der Waals surface area (Å²) in [5, 5.41) is 0. The van der Waals surface area contributed by atoms with Crippen LogP contribution in [0.2, 0.25) is 0 Å². The first kappa shape index (κ1) is 11.3. The standard InChI is InChI=1S/C14H18N4/c1-2-14(4-5-14)9-18-10-17-8-13(18)11-7-16-6-3-12(11)15/h3,6-8,10H,2,4-5,9H2,1H3,(H2,15,16). The van der Waals surface area contributed by atoms with Gasteiger partial charge in [0.25, 0.3) is 0 Å². The van der Waals surface area contributed by atoms with Crippen molar-refractivity contribution in [1.29, 1.82) is 0 Å². The number of nitrogens with zero attached hydrogens (tertiary/aromatic N) is 3. The summed E-state index contributed by atoms with van der Waals surface area (Å²) in [7, 11) is 0. The number of hydrogen-bond acceptors (Lipinski definition) is 3. The summed E-state index contributed by atoms with van der Waals surface area (Å²) in [4.78, 5) is 8.42. The Labute approximate surface area is 107 Å². The molecular formula is C14H18N4. The molecule has 0 atom stereocenters. The first-order valence-corrected chi connectivity index (χ1v) is 6.44. The number of nitrogens with two attached hydrogens (primary N) is 1. The van der Waals surface area contributed by atoms with Crippen LogP contribution in [0.3, 0.4) is 0 Å². The van der Waals surface area contributed by atoms with Gasteiger partial charge in [-0.1, -0.05) is 6.92 Å². The molecule has 0 radical (unpaired) electrons. The number of hydrogen-bond donors (Lipinski definition) is 1. The zero-order chi connectivity index (χ0) is 12.6. The highest BCUT2D eigenvalue weighted by atomic mass is 15.1.